The van der Waals surface area contributed by atoms with Gasteiger partial charge in [0.05, 0.1) is 5.57 Å². The number of esters is 1. The topological polar surface area (TPSA) is 67.2 Å². The molecule has 0 saturated carbocycles. The van der Waals surface area contributed by atoms with E-state index < -0.39 is 34.0 Å². The van der Waals surface area contributed by atoms with E-state index in [9.17, 15) is 22.2 Å². The van der Waals surface area contributed by atoms with Crippen LogP contribution < -0.4 is 0 Å². The number of aryl methyl sites for hydroxylation is 1. The average Bonchev–Trinajstić information content (AvgIpc) is 2.93. The molecule has 1 aliphatic heterocycles. The average molecular weight is 366 g/mol. The number of hydrogen-bond donors (Lipinski definition) is 1. The Bertz CT molecular complexity index is 1000. The van der Waals surface area contributed by atoms with Gasteiger partial charge in [0.1, 0.15) is 12.4 Å². The molecule has 25 heavy (non-hydrogen) atoms. The summed E-state index contributed by atoms with van der Waals surface area (Å²) in [5.74, 6) is -3.83. The lowest BCUT2D eigenvalue weighted by atomic mass is 9.95. The van der Waals surface area contributed by atoms with E-state index in [2.05, 4.69) is 0 Å². The molecule has 0 atom stereocenters. The fraction of sp³-hybridized carbons (Fsp3) is 0.118. The van der Waals surface area contributed by atoms with Gasteiger partial charge in [-0.2, -0.15) is 10.6 Å². The van der Waals surface area contributed by atoms with Crippen molar-refractivity contribution < 1.29 is 26.9 Å². The second kappa shape index (κ2) is 6.36. The van der Waals surface area contributed by atoms with Gasteiger partial charge in [-0.05, 0) is 35.7 Å². The molecule has 130 valence electrons. The first kappa shape index (κ1) is 17.2. The van der Waals surface area contributed by atoms with Crippen LogP contribution in [0.15, 0.2) is 35.2 Å². The SMILES string of the molecule is Cc1ccc(C2=C(c3ccc(F)c(F)c3)C(=O)OC2)c([S-](=N)=O)c1F. The first-order valence-corrected chi connectivity index (χ1v) is 8.24. The van der Waals surface area contributed by atoms with Crippen molar-refractivity contribution in [2.24, 2.45) is 0 Å². The van der Waals surface area contributed by atoms with Crippen molar-refractivity contribution in [2.45, 2.75) is 11.8 Å². The number of ether oxygens (including phenoxy) is 1. The standard InChI is InChI=1S/C17H11F3NO3S/c1-8-2-4-10(16(15(8)20)25(21)23)11-7-24-17(22)14(11)9-3-5-12(18)13(19)6-9/h2-6,21H,7H2,1H3/q-1. The van der Waals surface area contributed by atoms with Crippen LogP contribution in [0.5, 0.6) is 0 Å². The van der Waals surface area contributed by atoms with Crippen LogP contribution in [-0.2, 0) is 24.3 Å². The predicted octanol–water partition coefficient (Wildman–Crippen LogP) is 3.96. The number of nitrogens with one attached hydrogen (secondary N) is 1. The normalized spacial score (nSPS) is 14.4. The molecule has 0 aliphatic carbocycles. The minimum Gasteiger partial charge on any atom is -0.457 e. The Kier molecular flexibility index (Phi) is 4.38. The van der Waals surface area contributed by atoms with Crippen LogP contribution in [0.25, 0.3) is 11.1 Å². The van der Waals surface area contributed by atoms with Gasteiger partial charge in [0.2, 0.25) is 0 Å². The summed E-state index contributed by atoms with van der Waals surface area (Å²) in [5.41, 5.74) is 0.417. The van der Waals surface area contributed by atoms with Gasteiger partial charge in [0.25, 0.3) is 0 Å². The summed E-state index contributed by atoms with van der Waals surface area (Å²) in [6, 6.07) is 5.73. The Morgan fingerprint density at radius 2 is 1.84 bits per heavy atom. The summed E-state index contributed by atoms with van der Waals surface area (Å²) >= 11 is 0. The van der Waals surface area contributed by atoms with E-state index in [4.69, 9.17) is 9.52 Å². The van der Waals surface area contributed by atoms with Gasteiger partial charge < -0.3 is 13.7 Å². The minimum absolute atomic E-state index is 0.0547. The Morgan fingerprint density at radius 1 is 1.12 bits per heavy atom. The van der Waals surface area contributed by atoms with Crippen molar-refractivity contribution in [3.8, 4) is 0 Å². The number of halogens is 3. The van der Waals surface area contributed by atoms with Crippen molar-refractivity contribution in [3.05, 3.63) is 64.5 Å². The fourth-order valence-corrected chi connectivity index (χ4v) is 3.35. The van der Waals surface area contributed by atoms with Crippen molar-refractivity contribution in [1.82, 2.24) is 0 Å². The fourth-order valence-electron chi connectivity index (χ4n) is 2.63. The third kappa shape index (κ3) is 2.93. The molecule has 3 rings (SSSR count). The zero-order chi connectivity index (χ0) is 18.3. The van der Waals surface area contributed by atoms with E-state index >= 15 is 0 Å². The molecular formula is C17H11F3NO3S-. The quantitative estimate of drug-likeness (QED) is 0.660. The van der Waals surface area contributed by atoms with Gasteiger partial charge in [-0.15, -0.1) is 0 Å². The minimum atomic E-state index is -2.41. The highest BCUT2D eigenvalue weighted by Gasteiger charge is 2.29. The van der Waals surface area contributed by atoms with Crippen LogP contribution in [-0.4, -0.2) is 12.6 Å². The summed E-state index contributed by atoms with van der Waals surface area (Å²) in [4.78, 5) is 11.7. The largest absolute Gasteiger partial charge is 0.457 e. The molecule has 1 N–H and O–H groups in total. The van der Waals surface area contributed by atoms with Gasteiger partial charge >= 0.3 is 5.97 Å². The van der Waals surface area contributed by atoms with Crippen LogP contribution in [0, 0.1) is 29.2 Å². The van der Waals surface area contributed by atoms with Crippen molar-refractivity contribution in [1.29, 1.82) is 4.78 Å². The monoisotopic (exact) mass is 366 g/mol. The third-order valence-electron chi connectivity index (χ3n) is 3.86. The number of carbonyl (C=O) groups is 1. The first-order valence-electron chi connectivity index (χ1n) is 7.09. The lowest BCUT2D eigenvalue weighted by Gasteiger charge is -2.15. The summed E-state index contributed by atoms with van der Waals surface area (Å²) in [6.45, 7) is 1.20. The molecule has 0 spiro atoms. The van der Waals surface area contributed by atoms with Crippen LogP contribution in [0.3, 0.4) is 0 Å². The Balaban J connectivity index is 2.31. The van der Waals surface area contributed by atoms with E-state index in [0.29, 0.717) is 0 Å². The smallest absolute Gasteiger partial charge is 0.339 e. The van der Waals surface area contributed by atoms with E-state index in [1.807, 2.05) is 0 Å². The maximum absolute atomic E-state index is 14.3. The van der Waals surface area contributed by atoms with E-state index in [0.717, 1.165) is 12.1 Å². The van der Waals surface area contributed by atoms with Crippen LogP contribution >= 0.6 is 0 Å². The molecule has 2 aromatic carbocycles. The van der Waals surface area contributed by atoms with Crippen LogP contribution in [0.4, 0.5) is 13.2 Å². The van der Waals surface area contributed by atoms with E-state index in [-0.39, 0.29) is 39.3 Å². The van der Waals surface area contributed by atoms with Gasteiger partial charge in [-0.3, -0.25) is 0 Å². The van der Waals surface area contributed by atoms with Crippen molar-refractivity contribution in [3.63, 3.8) is 0 Å². The maximum Gasteiger partial charge on any atom is 0.339 e. The van der Waals surface area contributed by atoms with Crippen molar-refractivity contribution >= 4 is 27.7 Å². The lowest BCUT2D eigenvalue weighted by Crippen LogP contribution is -2.01. The molecule has 0 fully saturated rings. The highest BCUT2D eigenvalue weighted by atomic mass is 32.2. The molecule has 4 nitrogen and oxygen atoms in total. The number of cyclic esters (lactones) is 1. The van der Waals surface area contributed by atoms with Gasteiger partial charge in [0.15, 0.2) is 11.6 Å². The number of carbonyl (C=O) groups excluding carboxylic acids is 1. The second-order valence-electron chi connectivity index (χ2n) is 5.40. The van der Waals surface area contributed by atoms with Gasteiger partial charge in [-0.1, -0.05) is 23.1 Å². The molecule has 0 unspecified atom stereocenters. The summed E-state index contributed by atoms with van der Waals surface area (Å²) < 4.78 is 65.1. The highest BCUT2D eigenvalue weighted by Crippen LogP contribution is 2.36. The van der Waals surface area contributed by atoms with E-state index in [1.54, 1.807) is 0 Å². The number of rotatable bonds is 3. The number of benzene rings is 2. The summed E-state index contributed by atoms with van der Waals surface area (Å²) in [7, 11) is -2.41. The van der Waals surface area contributed by atoms with Gasteiger partial charge in [-0.25, -0.2) is 18.0 Å². The first-order chi connectivity index (χ1) is 11.8. The Labute approximate surface area is 142 Å². The van der Waals surface area contributed by atoms with Gasteiger partial charge in [0, 0.05) is 5.57 Å². The van der Waals surface area contributed by atoms with Crippen molar-refractivity contribution in [2.75, 3.05) is 6.61 Å². The molecule has 8 heteroatoms. The summed E-state index contributed by atoms with van der Waals surface area (Å²) in [5, 5.41) is 0. The maximum atomic E-state index is 14.3. The van der Waals surface area contributed by atoms with Crippen LogP contribution in [0.1, 0.15) is 16.7 Å². The molecule has 0 amide bonds. The lowest BCUT2D eigenvalue weighted by molar-refractivity contribution is -0.133. The molecule has 0 saturated heterocycles. The molecule has 1 heterocycles. The zero-order valence-electron chi connectivity index (χ0n) is 12.9. The van der Waals surface area contributed by atoms with E-state index in [1.165, 1.54) is 25.1 Å². The molecule has 2 aromatic rings. The second-order valence-corrected chi connectivity index (χ2v) is 6.35. The predicted molar refractivity (Wildman–Crippen MR) is 84.3 cm³/mol. The third-order valence-corrected chi connectivity index (χ3v) is 4.63. The Hall–Kier alpha value is -2.61. The number of hydrogen-bond acceptors (Lipinski definition) is 5. The summed E-state index contributed by atoms with van der Waals surface area (Å²) in [6.07, 6.45) is 0. The molecule has 0 aromatic heterocycles. The Morgan fingerprint density at radius 3 is 2.48 bits per heavy atom. The highest BCUT2D eigenvalue weighted by molar-refractivity contribution is 7.73. The zero-order valence-corrected chi connectivity index (χ0v) is 13.7. The molecule has 0 radical (unpaired) electrons. The van der Waals surface area contributed by atoms with Crippen LogP contribution in [0.2, 0.25) is 0 Å². The molecule has 1 aliphatic rings. The molecule has 0 bridgehead atoms. The molecular weight excluding hydrogens is 355 g/mol.